The smallest absolute Gasteiger partial charge is 0.221 e. The van der Waals surface area contributed by atoms with Gasteiger partial charge in [0, 0.05) is 45.7 Å². The first-order valence-corrected chi connectivity index (χ1v) is 9.63. The van der Waals surface area contributed by atoms with Crippen molar-refractivity contribution in [3.05, 3.63) is 30.1 Å². The van der Waals surface area contributed by atoms with E-state index in [1.165, 1.54) is 19.1 Å². The van der Waals surface area contributed by atoms with E-state index in [1.807, 2.05) is 0 Å². The van der Waals surface area contributed by atoms with Gasteiger partial charge in [0.15, 0.2) is 9.84 Å². The summed E-state index contributed by atoms with van der Waals surface area (Å²) in [5.74, 6) is -0.782. The van der Waals surface area contributed by atoms with Crippen LogP contribution in [0.15, 0.2) is 29.2 Å². The summed E-state index contributed by atoms with van der Waals surface area (Å²) in [4.78, 5) is 14.2. The molecule has 0 saturated carbocycles. The van der Waals surface area contributed by atoms with E-state index in [0.717, 1.165) is 44.9 Å². The minimum absolute atomic E-state index is 0.0324. The predicted molar refractivity (Wildman–Crippen MR) is 90.0 cm³/mol. The molecular formula is C16H24FN3O3S. The van der Waals surface area contributed by atoms with E-state index in [4.69, 9.17) is 0 Å². The van der Waals surface area contributed by atoms with Gasteiger partial charge in [0.05, 0.1) is 10.1 Å². The lowest BCUT2D eigenvalue weighted by molar-refractivity contribution is -0.121. The number of nitrogens with zero attached hydrogens (tertiary/aromatic N) is 1. The van der Waals surface area contributed by atoms with E-state index in [1.54, 1.807) is 0 Å². The Morgan fingerprint density at radius 3 is 2.54 bits per heavy atom. The van der Waals surface area contributed by atoms with Crippen LogP contribution in [0.3, 0.4) is 0 Å². The van der Waals surface area contributed by atoms with E-state index in [0.29, 0.717) is 6.54 Å². The summed E-state index contributed by atoms with van der Waals surface area (Å²) in [6.45, 7) is 6.54. The van der Waals surface area contributed by atoms with Crippen LogP contribution in [0.4, 0.5) is 4.39 Å². The van der Waals surface area contributed by atoms with Gasteiger partial charge < -0.3 is 10.6 Å². The monoisotopic (exact) mass is 357 g/mol. The number of halogens is 1. The van der Waals surface area contributed by atoms with Crippen LogP contribution in [0.5, 0.6) is 0 Å². The number of hydrogen-bond acceptors (Lipinski definition) is 5. The van der Waals surface area contributed by atoms with Crippen molar-refractivity contribution in [3.63, 3.8) is 0 Å². The fourth-order valence-electron chi connectivity index (χ4n) is 2.59. The molecule has 0 bridgehead atoms. The molecule has 1 heterocycles. The average molecular weight is 357 g/mol. The van der Waals surface area contributed by atoms with Gasteiger partial charge in [-0.25, -0.2) is 12.8 Å². The summed E-state index contributed by atoms with van der Waals surface area (Å²) in [6.07, 6.45) is -0.110. The van der Waals surface area contributed by atoms with Crippen LogP contribution in [0.1, 0.15) is 13.3 Å². The minimum atomic E-state index is -3.64. The first-order chi connectivity index (χ1) is 11.4. The van der Waals surface area contributed by atoms with Gasteiger partial charge in [-0.15, -0.1) is 0 Å². The zero-order valence-electron chi connectivity index (χ0n) is 13.8. The summed E-state index contributed by atoms with van der Waals surface area (Å²) in [6, 6.07) is 4.66. The molecule has 1 atom stereocenters. The van der Waals surface area contributed by atoms with Crippen molar-refractivity contribution < 1.29 is 17.6 Å². The maximum atomic E-state index is 12.9. The van der Waals surface area contributed by atoms with Crippen LogP contribution in [-0.4, -0.2) is 63.7 Å². The fourth-order valence-corrected chi connectivity index (χ4v) is 3.94. The van der Waals surface area contributed by atoms with Gasteiger partial charge in [-0.3, -0.25) is 9.69 Å². The van der Waals surface area contributed by atoms with Crippen molar-refractivity contribution in [2.75, 3.05) is 39.3 Å². The Morgan fingerprint density at radius 2 is 1.92 bits per heavy atom. The van der Waals surface area contributed by atoms with E-state index >= 15 is 0 Å². The van der Waals surface area contributed by atoms with Gasteiger partial charge in [0.25, 0.3) is 0 Å². The Labute approximate surface area is 142 Å². The highest BCUT2D eigenvalue weighted by molar-refractivity contribution is 7.92. The third-order valence-electron chi connectivity index (χ3n) is 4.10. The Morgan fingerprint density at radius 1 is 1.29 bits per heavy atom. The average Bonchev–Trinajstić information content (AvgIpc) is 2.56. The molecule has 134 valence electrons. The zero-order chi connectivity index (χ0) is 17.6. The van der Waals surface area contributed by atoms with Crippen LogP contribution < -0.4 is 10.6 Å². The molecule has 1 aliphatic rings. The molecular weight excluding hydrogens is 333 g/mol. The minimum Gasteiger partial charge on any atom is -0.355 e. The van der Waals surface area contributed by atoms with E-state index < -0.39 is 20.9 Å². The molecule has 0 spiro atoms. The topological polar surface area (TPSA) is 78.5 Å². The summed E-state index contributed by atoms with van der Waals surface area (Å²) >= 11 is 0. The highest BCUT2D eigenvalue weighted by atomic mass is 32.2. The Bertz CT molecular complexity index is 643. The molecule has 1 fully saturated rings. The second kappa shape index (κ2) is 8.55. The van der Waals surface area contributed by atoms with Crippen LogP contribution in [0.25, 0.3) is 0 Å². The molecule has 1 aliphatic heterocycles. The number of piperazine rings is 1. The lowest BCUT2D eigenvalue weighted by atomic mass is 10.3. The maximum Gasteiger partial charge on any atom is 0.221 e. The molecule has 2 N–H and O–H groups in total. The molecule has 1 amide bonds. The first kappa shape index (κ1) is 18.8. The molecule has 8 heteroatoms. The van der Waals surface area contributed by atoms with Gasteiger partial charge in [-0.1, -0.05) is 0 Å². The molecule has 0 radical (unpaired) electrons. The second-order valence-electron chi connectivity index (χ2n) is 5.96. The lowest BCUT2D eigenvalue weighted by Crippen LogP contribution is -2.46. The van der Waals surface area contributed by atoms with Gasteiger partial charge in [0.2, 0.25) is 5.91 Å². The maximum absolute atomic E-state index is 12.9. The van der Waals surface area contributed by atoms with Crippen molar-refractivity contribution >= 4 is 15.7 Å². The number of amides is 1. The standard InChI is InChI=1S/C16H24FN3O3S/c1-13(24(22,23)15-4-2-14(17)3-5-15)12-16(21)19-8-11-20-9-6-18-7-10-20/h2-5,13,18H,6-12H2,1H3,(H,19,21). The van der Waals surface area contributed by atoms with E-state index in [2.05, 4.69) is 15.5 Å². The first-order valence-electron chi connectivity index (χ1n) is 8.09. The summed E-state index contributed by atoms with van der Waals surface area (Å²) < 4.78 is 37.7. The summed E-state index contributed by atoms with van der Waals surface area (Å²) in [7, 11) is -3.64. The zero-order valence-corrected chi connectivity index (χ0v) is 14.6. The van der Waals surface area contributed by atoms with Crippen LogP contribution in [0.2, 0.25) is 0 Å². The number of benzene rings is 1. The Hall–Kier alpha value is -1.51. The molecule has 0 aromatic heterocycles. The fraction of sp³-hybridized carbons (Fsp3) is 0.562. The Kier molecular flexibility index (Phi) is 6.70. The molecule has 1 aromatic carbocycles. The number of nitrogens with one attached hydrogen (secondary N) is 2. The SMILES string of the molecule is CC(CC(=O)NCCN1CCNCC1)S(=O)(=O)c1ccc(F)cc1. The summed E-state index contributed by atoms with van der Waals surface area (Å²) in [5.41, 5.74) is 0. The third-order valence-corrected chi connectivity index (χ3v) is 6.26. The number of rotatable bonds is 7. The normalized spacial score (nSPS) is 17.4. The largest absolute Gasteiger partial charge is 0.355 e. The highest BCUT2D eigenvalue weighted by Gasteiger charge is 2.25. The number of carbonyl (C=O) groups is 1. The van der Waals surface area contributed by atoms with Gasteiger partial charge in [0.1, 0.15) is 5.82 Å². The van der Waals surface area contributed by atoms with Gasteiger partial charge in [-0.05, 0) is 31.2 Å². The molecule has 6 nitrogen and oxygen atoms in total. The second-order valence-corrected chi connectivity index (χ2v) is 8.32. The van der Waals surface area contributed by atoms with Crippen molar-refractivity contribution in [1.29, 1.82) is 0 Å². The number of sulfone groups is 1. The Balaban J connectivity index is 1.80. The predicted octanol–water partition coefficient (Wildman–Crippen LogP) is 0.399. The number of carbonyl (C=O) groups excluding carboxylic acids is 1. The lowest BCUT2D eigenvalue weighted by Gasteiger charge is -2.27. The van der Waals surface area contributed by atoms with Crippen molar-refractivity contribution in [1.82, 2.24) is 15.5 Å². The van der Waals surface area contributed by atoms with E-state index in [9.17, 15) is 17.6 Å². The number of hydrogen-bond donors (Lipinski definition) is 2. The van der Waals surface area contributed by atoms with Crippen molar-refractivity contribution in [2.24, 2.45) is 0 Å². The molecule has 0 aliphatic carbocycles. The third kappa shape index (κ3) is 5.25. The van der Waals surface area contributed by atoms with Crippen LogP contribution in [0, 0.1) is 5.82 Å². The summed E-state index contributed by atoms with van der Waals surface area (Å²) in [5, 5.41) is 5.17. The van der Waals surface area contributed by atoms with Gasteiger partial charge in [-0.2, -0.15) is 0 Å². The quantitative estimate of drug-likeness (QED) is 0.691. The molecule has 1 unspecified atom stereocenters. The van der Waals surface area contributed by atoms with Crippen LogP contribution in [-0.2, 0) is 14.6 Å². The molecule has 24 heavy (non-hydrogen) atoms. The van der Waals surface area contributed by atoms with E-state index in [-0.39, 0.29) is 17.2 Å². The van der Waals surface area contributed by atoms with Crippen molar-refractivity contribution in [3.8, 4) is 0 Å². The van der Waals surface area contributed by atoms with Crippen molar-refractivity contribution in [2.45, 2.75) is 23.5 Å². The van der Waals surface area contributed by atoms with Gasteiger partial charge >= 0.3 is 0 Å². The molecule has 2 rings (SSSR count). The molecule has 1 aromatic rings. The molecule has 1 saturated heterocycles. The highest BCUT2D eigenvalue weighted by Crippen LogP contribution is 2.18. The van der Waals surface area contributed by atoms with Crippen LogP contribution >= 0.6 is 0 Å².